The number of rotatable bonds is 11. The number of nitrogens with zero attached hydrogens (tertiary/aromatic N) is 4. The maximum atomic E-state index is 12.3. The number of aromatic nitrogens is 2. The van der Waals surface area contributed by atoms with Gasteiger partial charge in [-0.05, 0) is 42.2 Å². The largest absolute Gasteiger partial charge is 0.480 e. The van der Waals surface area contributed by atoms with Crippen LogP contribution >= 0.6 is 0 Å². The molecule has 0 aliphatic rings. The Morgan fingerprint density at radius 2 is 1.76 bits per heavy atom. The lowest BCUT2D eigenvalue weighted by Crippen LogP contribution is -2.32. The molecule has 0 unspecified atom stereocenters. The lowest BCUT2D eigenvalue weighted by molar-refractivity contribution is -0.137. The number of benzene rings is 2. The monoisotopic (exact) mass is 505 g/mol. The molecule has 0 spiro atoms. The maximum absolute atomic E-state index is 12.3. The quantitative estimate of drug-likeness (QED) is 0.381. The Kier molecular flexibility index (Phi) is 9.43. The number of unbranched alkanes of at least 4 members (excludes halogenated alkanes) is 1. The van der Waals surface area contributed by atoms with Gasteiger partial charge in [-0.1, -0.05) is 49.7 Å². The number of aliphatic carboxylic acids is 1. The van der Waals surface area contributed by atoms with Crippen molar-refractivity contribution in [3.8, 4) is 16.9 Å². The Labute approximate surface area is 218 Å². The van der Waals surface area contributed by atoms with Gasteiger partial charge < -0.3 is 25.0 Å². The van der Waals surface area contributed by atoms with Gasteiger partial charge in [-0.3, -0.25) is 0 Å². The predicted molar refractivity (Wildman–Crippen MR) is 145 cm³/mol. The second-order valence-corrected chi connectivity index (χ2v) is 9.17. The fraction of sp³-hybridized carbons (Fsp3) is 0.357. The van der Waals surface area contributed by atoms with Gasteiger partial charge in [0, 0.05) is 45.9 Å². The van der Waals surface area contributed by atoms with Crippen molar-refractivity contribution in [3.05, 3.63) is 65.9 Å². The molecule has 3 rings (SSSR count). The third-order valence-corrected chi connectivity index (χ3v) is 5.94. The molecule has 9 heteroatoms. The number of aryl methyl sites for hydroxylation is 1. The Bertz CT molecular complexity index is 1210. The molecule has 0 saturated heterocycles. The zero-order chi connectivity index (χ0) is 26.9. The Balaban J connectivity index is 1.89. The topological polar surface area (TPSA) is 108 Å². The molecule has 0 radical (unpaired) electrons. The minimum absolute atomic E-state index is 0.204. The third kappa shape index (κ3) is 7.42. The van der Waals surface area contributed by atoms with E-state index in [1.807, 2.05) is 43.1 Å². The summed E-state index contributed by atoms with van der Waals surface area (Å²) in [6, 6.07) is 13.7. The number of nitrogens with one attached hydrogen (secondary N) is 1. The van der Waals surface area contributed by atoms with E-state index in [1.165, 1.54) is 4.90 Å². The summed E-state index contributed by atoms with van der Waals surface area (Å²) in [6.45, 7) is 4.92. The van der Waals surface area contributed by atoms with Crippen molar-refractivity contribution in [1.29, 1.82) is 0 Å². The van der Waals surface area contributed by atoms with E-state index in [0.717, 1.165) is 41.6 Å². The van der Waals surface area contributed by atoms with E-state index in [4.69, 9.17) is 9.72 Å². The molecular weight excluding hydrogens is 470 g/mol. The highest BCUT2D eigenvalue weighted by Gasteiger charge is 2.22. The molecule has 9 nitrogen and oxygen atoms in total. The van der Waals surface area contributed by atoms with Crippen LogP contribution in [0.2, 0.25) is 0 Å². The number of anilines is 2. The average molecular weight is 506 g/mol. The zero-order valence-corrected chi connectivity index (χ0v) is 22.1. The molecule has 1 amide bonds. The van der Waals surface area contributed by atoms with E-state index in [0.29, 0.717) is 17.5 Å². The molecular formula is C28H35N5O4. The van der Waals surface area contributed by atoms with Crippen molar-refractivity contribution in [2.75, 3.05) is 37.9 Å². The highest BCUT2D eigenvalue weighted by molar-refractivity contribution is 5.83. The van der Waals surface area contributed by atoms with Crippen molar-refractivity contribution >= 4 is 23.8 Å². The van der Waals surface area contributed by atoms with Gasteiger partial charge in [0.2, 0.25) is 5.95 Å². The van der Waals surface area contributed by atoms with Crippen molar-refractivity contribution in [2.24, 2.45) is 0 Å². The van der Waals surface area contributed by atoms with Crippen LogP contribution in [0.1, 0.15) is 30.9 Å². The standard InChI is InChI=1S/C28H35N5O4/c1-6-7-16-33(5)27-29-18-23(22-11-9-8-10-19(22)2)25(31-27)30-24(26(34)35)17-20-12-14-21(15-13-20)37-28(36)32(3)4/h8-15,18,24H,6-7,16-17H2,1-5H3,(H,34,35)(H,29,30,31)/t24-/m0/s1. The number of carboxylic acid groups (broad SMARTS) is 1. The number of carbonyl (C=O) groups is 2. The first kappa shape index (κ1) is 27.4. The van der Waals surface area contributed by atoms with Crippen molar-refractivity contribution in [1.82, 2.24) is 14.9 Å². The summed E-state index contributed by atoms with van der Waals surface area (Å²) in [7, 11) is 5.14. The summed E-state index contributed by atoms with van der Waals surface area (Å²) >= 11 is 0. The number of amides is 1. The first-order valence-electron chi connectivity index (χ1n) is 12.3. The second kappa shape index (κ2) is 12.7. The van der Waals surface area contributed by atoms with Gasteiger partial charge >= 0.3 is 12.1 Å². The van der Waals surface area contributed by atoms with E-state index < -0.39 is 18.1 Å². The summed E-state index contributed by atoms with van der Waals surface area (Å²) in [5.74, 6) is 0.383. The highest BCUT2D eigenvalue weighted by Crippen LogP contribution is 2.30. The first-order valence-corrected chi connectivity index (χ1v) is 12.3. The van der Waals surface area contributed by atoms with E-state index in [-0.39, 0.29) is 6.42 Å². The number of hydrogen-bond acceptors (Lipinski definition) is 7. The van der Waals surface area contributed by atoms with E-state index >= 15 is 0 Å². The Morgan fingerprint density at radius 3 is 2.38 bits per heavy atom. The minimum Gasteiger partial charge on any atom is -0.480 e. The van der Waals surface area contributed by atoms with Crippen LogP contribution < -0.4 is 15.0 Å². The maximum Gasteiger partial charge on any atom is 0.414 e. The first-order chi connectivity index (χ1) is 17.7. The summed E-state index contributed by atoms with van der Waals surface area (Å²) in [6.07, 6.45) is 3.52. The summed E-state index contributed by atoms with van der Waals surface area (Å²) in [4.78, 5) is 36.7. The van der Waals surface area contributed by atoms with Gasteiger partial charge in [0.1, 0.15) is 17.6 Å². The predicted octanol–water partition coefficient (Wildman–Crippen LogP) is 4.86. The molecule has 0 aliphatic heterocycles. The van der Waals surface area contributed by atoms with Gasteiger partial charge in [-0.15, -0.1) is 0 Å². The van der Waals surface area contributed by atoms with Gasteiger partial charge in [0.25, 0.3) is 0 Å². The summed E-state index contributed by atoms with van der Waals surface area (Å²) in [5.41, 5.74) is 3.49. The fourth-order valence-corrected chi connectivity index (χ4v) is 3.72. The van der Waals surface area contributed by atoms with Crippen molar-refractivity contribution in [2.45, 2.75) is 39.2 Å². The molecule has 196 valence electrons. The molecule has 0 aliphatic carbocycles. The number of hydrogen-bond donors (Lipinski definition) is 2. The number of carbonyl (C=O) groups excluding carboxylic acids is 1. The molecule has 0 saturated carbocycles. The summed E-state index contributed by atoms with van der Waals surface area (Å²) in [5, 5.41) is 13.2. The van der Waals surface area contributed by atoms with Crippen LogP contribution in [-0.4, -0.2) is 65.8 Å². The second-order valence-electron chi connectivity index (χ2n) is 9.17. The molecule has 2 aromatic carbocycles. The van der Waals surface area contributed by atoms with Crippen LogP contribution in [0.15, 0.2) is 54.7 Å². The van der Waals surface area contributed by atoms with Crippen molar-refractivity contribution in [3.63, 3.8) is 0 Å². The van der Waals surface area contributed by atoms with E-state index in [2.05, 4.69) is 17.2 Å². The van der Waals surface area contributed by atoms with Crippen LogP contribution in [0.3, 0.4) is 0 Å². The van der Waals surface area contributed by atoms with Gasteiger partial charge in [0.15, 0.2) is 0 Å². The minimum atomic E-state index is -1.00. The van der Waals surface area contributed by atoms with Crippen molar-refractivity contribution < 1.29 is 19.4 Å². The Hall–Kier alpha value is -4.14. The SMILES string of the molecule is CCCCN(C)c1ncc(-c2ccccc2C)c(N[C@@H](Cc2ccc(OC(=O)N(C)C)cc2)C(=O)O)n1. The van der Waals surface area contributed by atoms with Crippen LogP contribution in [0.4, 0.5) is 16.6 Å². The lowest BCUT2D eigenvalue weighted by Gasteiger charge is -2.22. The molecule has 37 heavy (non-hydrogen) atoms. The highest BCUT2D eigenvalue weighted by atomic mass is 16.6. The molecule has 1 atom stereocenters. The van der Waals surface area contributed by atoms with Crippen LogP contribution in [-0.2, 0) is 11.2 Å². The smallest absolute Gasteiger partial charge is 0.414 e. The Morgan fingerprint density at radius 1 is 1.05 bits per heavy atom. The molecule has 0 fully saturated rings. The summed E-state index contributed by atoms with van der Waals surface area (Å²) < 4.78 is 5.25. The number of ether oxygens (including phenoxy) is 1. The third-order valence-electron chi connectivity index (χ3n) is 5.94. The van der Waals surface area contributed by atoms with Gasteiger partial charge in [-0.2, -0.15) is 4.98 Å². The molecule has 0 bridgehead atoms. The number of carboxylic acids is 1. The normalized spacial score (nSPS) is 11.5. The molecule has 1 aromatic heterocycles. The molecule has 1 heterocycles. The van der Waals surface area contributed by atoms with Crippen LogP contribution in [0.5, 0.6) is 5.75 Å². The average Bonchev–Trinajstić information content (AvgIpc) is 2.88. The van der Waals surface area contributed by atoms with E-state index in [1.54, 1.807) is 44.6 Å². The van der Waals surface area contributed by atoms with Crippen LogP contribution in [0.25, 0.3) is 11.1 Å². The fourth-order valence-electron chi connectivity index (χ4n) is 3.72. The van der Waals surface area contributed by atoms with E-state index in [9.17, 15) is 14.7 Å². The zero-order valence-electron chi connectivity index (χ0n) is 22.1. The van der Waals surface area contributed by atoms with Crippen LogP contribution in [0, 0.1) is 6.92 Å². The molecule has 3 aromatic rings. The van der Waals surface area contributed by atoms with Gasteiger partial charge in [-0.25, -0.2) is 14.6 Å². The van der Waals surface area contributed by atoms with Gasteiger partial charge in [0.05, 0.1) is 0 Å². The lowest BCUT2D eigenvalue weighted by atomic mass is 10.0. The molecule has 2 N–H and O–H groups in total.